The number of methoxy groups -OCH3 is 1. The van der Waals surface area contributed by atoms with Crippen LogP contribution in [0.3, 0.4) is 0 Å². The summed E-state index contributed by atoms with van der Waals surface area (Å²) in [6.07, 6.45) is 3.98. The third kappa shape index (κ3) is 6.98. The third-order valence-corrected chi connectivity index (χ3v) is 7.13. The highest BCUT2D eigenvalue weighted by Gasteiger charge is 2.47. The highest BCUT2D eigenvalue weighted by Crippen LogP contribution is 2.61. The zero-order valence-electron chi connectivity index (χ0n) is 15.1. The minimum atomic E-state index is -3.29. The second-order valence-electron chi connectivity index (χ2n) is 5.65. The first-order valence-electron chi connectivity index (χ1n) is 8.51. The SMILES string of the molecule is [B]C1OC(COCCCC)C(OP(=O)(OCCCC)SC)C1OC. The average Bonchev–Trinajstić information content (AvgIpc) is 2.86. The van der Waals surface area contributed by atoms with Crippen LogP contribution in [0.25, 0.3) is 0 Å². The molecule has 0 aromatic rings. The number of hydrogen-bond acceptors (Lipinski definition) is 7. The highest BCUT2D eigenvalue weighted by molar-refractivity contribution is 8.54. The molecule has 1 rings (SSSR count). The van der Waals surface area contributed by atoms with Crippen LogP contribution in [0.15, 0.2) is 0 Å². The summed E-state index contributed by atoms with van der Waals surface area (Å²) in [5.41, 5.74) is 0. The van der Waals surface area contributed by atoms with E-state index in [-0.39, 0.29) is 0 Å². The quantitative estimate of drug-likeness (QED) is 0.276. The van der Waals surface area contributed by atoms with Crippen molar-refractivity contribution in [1.29, 1.82) is 0 Å². The summed E-state index contributed by atoms with van der Waals surface area (Å²) in [6, 6.07) is -0.647. The molecule has 1 heterocycles. The van der Waals surface area contributed by atoms with Crippen LogP contribution < -0.4 is 0 Å². The number of ether oxygens (including phenoxy) is 3. The maximum absolute atomic E-state index is 12.8. The van der Waals surface area contributed by atoms with Crippen LogP contribution >= 0.6 is 18.2 Å². The molecule has 140 valence electrons. The van der Waals surface area contributed by atoms with Crippen LogP contribution in [0, 0.1) is 0 Å². The molecule has 0 spiro atoms. The second-order valence-corrected chi connectivity index (χ2v) is 9.82. The molecule has 0 bridgehead atoms. The van der Waals surface area contributed by atoms with Crippen molar-refractivity contribution in [3.05, 3.63) is 0 Å². The Kier molecular flexibility index (Phi) is 11.2. The summed E-state index contributed by atoms with van der Waals surface area (Å²) in [5, 5.41) is 0. The number of rotatable bonds is 13. The maximum Gasteiger partial charge on any atom is 0.389 e. The molecule has 0 amide bonds. The second kappa shape index (κ2) is 11.9. The average molecular weight is 380 g/mol. The Morgan fingerprint density at radius 3 is 2.42 bits per heavy atom. The summed E-state index contributed by atoms with van der Waals surface area (Å²) in [6.45, 7) is 2.20. The molecule has 6 nitrogen and oxygen atoms in total. The van der Waals surface area contributed by atoms with Gasteiger partial charge in [-0.15, -0.1) is 0 Å². The monoisotopic (exact) mass is 380 g/mol. The molecule has 1 fully saturated rings. The van der Waals surface area contributed by atoms with Gasteiger partial charge in [-0.1, -0.05) is 26.7 Å². The van der Waals surface area contributed by atoms with Crippen molar-refractivity contribution >= 4 is 26.0 Å². The lowest BCUT2D eigenvalue weighted by Crippen LogP contribution is -2.38. The Bertz CT molecular complexity index is 389. The van der Waals surface area contributed by atoms with E-state index in [2.05, 4.69) is 6.92 Å². The molecule has 1 aliphatic rings. The van der Waals surface area contributed by atoms with Gasteiger partial charge in [0.15, 0.2) is 0 Å². The molecule has 24 heavy (non-hydrogen) atoms. The van der Waals surface area contributed by atoms with Gasteiger partial charge in [0.1, 0.15) is 26.2 Å². The van der Waals surface area contributed by atoms with Crippen LogP contribution in [0.2, 0.25) is 0 Å². The Labute approximate surface area is 151 Å². The molecule has 0 aromatic heterocycles. The molecule has 0 aromatic carbocycles. The largest absolute Gasteiger partial charge is 0.389 e. The topological polar surface area (TPSA) is 63.2 Å². The standard InChI is InChI=1S/C15H30BO6PS/c1-5-7-9-19-11-12-13(14(18-3)15(16)21-12)22-23(17,24-4)20-10-8-6-2/h12-15H,5-11H2,1-4H3. The molecular weight excluding hydrogens is 350 g/mol. The Balaban J connectivity index is 2.70. The van der Waals surface area contributed by atoms with E-state index in [0.29, 0.717) is 19.8 Å². The molecule has 1 aliphatic heterocycles. The third-order valence-electron chi connectivity index (χ3n) is 3.76. The van der Waals surface area contributed by atoms with Gasteiger partial charge < -0.3 is 18.7 Å². The van der Waals surface area contributed by atoms with Crippen molar-refractivity contribution in [2.45, 2.75) is 63.8 Å². The van der Waals surface area contributed by atoms with E-state index >= 15 is 0 Å². The van der Waals surface area contributed by atoms with Crippen molar-refractivity contribution in [3.63, 3.8) is 0 Å². The molecule has 0 N–H and O–H groups in total. The van der Waals surface area contributed by atoms with Crippen LogP contribution in [0.1, 0.15) is 39.5 Å². The lowest BCUT2D eigenvalue weighted by Gasteiger charge is -2.26. The molecular formula is C15H30BO6PS. The van der Waals surface area contributed by atoms with Gasteiger partial charge in [0.05, 0.1) is 13.2 Å². The predicted molar refractivity (Wildman–Crippen MR) is 97.8 cm³/mol. The van der Waals surface area contributed by atoms with Crippen molar-refractivity contribution in [1.82, 2.24) is 0 Å². The molecule has 2 radical (unpaired) electrons. The first kappa shape index (κ1) is 22.5. The van der Waals surface area contributed by atoms with Crippen LogP contribution in [-0.4, -0.2) is 65.3 Å². The summed E-state index contributed by atoms with van der Waals surface area (Å²) >= 11 is 1.08. The van der Waals surface area contributed by atoms with Crippen molar-refractivity contribution < 1.29 is 27.8 Å². The van der Waals surface area contributed by atoms with E-state index in [1.54, 1.807) is 6.26 Å². The molecule has 9 heteroatoms. The van der Waals surface area contributed by atoms with Gasteiger partial charge in [0.2, 0.25) is 0 Å². The highest BCUT2D eigenvalue weighted by atomic mass is 32.7. The fraction of sp³-hybridized carbons (Fsp3) is 1.00. The number of unbranched alkanes of at least 4 members (excludes halogenated alkanes) is 2. The van der Waals surface area contributed by atoms with Crippen molar-refractivity contribution in [2.24, 2.45) is 0 Å². The molecule has 0 aliphatic carbocycles. The van der Waals surface area contributed by atoms with Crippen molar-refractivity contribution in [2.75, 3.05) is 33.2 Å². The van der Waals surface area contributed by atoms with E-state index in [0.717, 1.165) is 37.1 Å². The van der Waals surface area contributed by atoms with E-state index in [1.807, 2.05) is 6.92 Å². The van der Waals surface area contributed by atoms with Crippen molar-refractivity contribution in [3.8, 4) is 0 Å². The smallest absolute Gasteiger partial charge is 0.379 e. The van der Waals surface area contributed by atoms with Gasteiger partial charge in [-0.25, -0.2) is 4.57 Å². The van der Waals surface area contributed by atoms with Gasteiger partial charge in [-0.2, -0.15) is 0 Å². The van der Waals surface area contributed by atoms with E-state index < -0.39 is 31.1 Å². The lowest BCUT2D eigenvalue weighted by molar-refractivity contribution is -0.0297. The molecule has 0 saturated carbocycles. The van der Waals surface area contributed by atoms with E-state index in [4.69, 9.17) is 31.1 Å². The predicted octanol–water partition coefficient (Wildman–Crippen LogP) is 3.38. The van der Waals surface area contributed by atoms with Crippen LogP contribution in [0.4, 0.5) is 0 Å². The van der Waals surface area contributed by atoms with Gasteiger partial charge in [-0.3, -0.25) is 4.52 Å². The fourth-order valence-corrected chi connectivity index (χ4v) is 4.58. The minimum Gasteiger partial charge on any atom is -0.379 e. The summed E-state index contributed by atoms with van der Waals surface area (Å²) in [4.78, 5) is 0. The van der Waals surface area contributed by atoms with Gasteiger partial charge >= 0.3 is 6.80 Å². The van der Waals surface area contributed by atoms with Crippen LogP contribution in [0.5, 0.6) is 0 Å². The van der Waals surface area contributed by atoms with Gasteiger partial charge in [0.25, 0.3) is 0 Å². The Morgan fingerprint density at radius 1 is 1.17 bits per heavy atom. The summed E-state index contributed by atoms with van der Waals surface area (Å²) < 4.78 is 40.9. The first-order chi connectivity index (χ1) is 11.5. The maximum atomic E-state index is 12.8. The zero-order chi connectivity index (χ0) is 18.0. The summed E-state index contributed by atoms with van der Waals surface area (Å²) in [5.74, 6) is 0. The fourth-order valence-electron chi connectivity index (χ4n) is 2.33. The zero-order valence-corrected chi connectivity index (χ0v) is 16.9. The first-order valence-corrected chi connectivity index (χ1v) is 11.9. The normalized spacial score (nSPS) is 29.7. The van der Waals surface area contributed by atoms with Crippen LogP contribution in [-0.2, 0) is 27.8 Å². The van der Waals surface area contributed by atoms with E-state index in [1.165, 1.54) is 7.11 Å². The van der Waals surface area contributed by atoms with Gasteiger partial charge in [-0.05, 0) is 30.5 Å². The molecule has 5 unspecified atom stereocenters. The van der Waals surface area contributed by atoms with E-state index in [9.17, 15) is 4.57 Å². The Morgan fingerprint density at radius 2 is 1.83 bits per heavy atom. The number of hydrogen-bond donors (Lipinski definition) is 0. The summed E-state index contributed by atoms with van der Waals surface area (Å²) in [7, 11) is 7.50. The Hall–Kier alpha value is 0.445. The lowest BCUT2D eigenvalue weighted by atomic mass is 9.93. The molecule has 5 atom stereocenters. The minimum absolute atomic E-state index is 0.321. The molecule has 1 saturated heterocycles. The van der Waals surface area contributed by atoms with Gasteiger partial charge in [0, 0.05) is 19.7 Å².